The monoisotopic (exact) mass is 379 g/mol. The molecule has 0 amide bonds. The molecule has 0 spiro atoms. The van der Waals surface area contributed by atoms with Crippen molar-refractivity contribution in [3.63, 3.8) is 0 Å². The maximum atomic E-state index is 12.6. The number of hydrogen-bond donors (Lipinski definition) is 0. The first kappa shape index (κ1) is 20.3. The van der Waals surface area contributed by atoms with Crippen molar-refractivity contribution in [2.45, 2.75) is 51.7 Å². The summed E-state index contributed by atoms with van der Waals surface area (Å²) in [4.78, 5) is 27.3. The summed E-state index contributed by atoms with van der Waals surface area (Å²) in [5.74, 6) is 0.235. The molecule has 1 fully saturated rings. The van der Waals surface area contributed by atoms with Crippen LogP contribution in [0.3, 0.4) is 0 Å². The molecule has 1 aliphatic heterocycles. The summed E-state index contributed by atoms with van der Waals surface area (Å²) in [6, 6.07) is 17.4. The molecule has 2 aromatic carbocycles. The number of likely N-dealkylation sites (N-methyl/N-ethyl adjacent to an activating group) is 1. The van der Waals surface area contributed by atoms with Crippen molar-refractivity contribution in [1.82, 2.24) is 4.90 Å². The molecule has 0 N–H and O–H groups in total. The topological polar surface area (TPSA) is 46.6 Å². The van der Waals surface area contributed by atoms with Crippen LogP contribution in [0.2, 0.25) is 0 Å². The lowest BCUT2D eigenvalue weighted by molar-refractivity contribution is -0.168. The number of esters is 1. The number of ether oxygens (including phenoxy) is 1. The van der Waals surface area contributed by atoms with E-state index < -0.39 is 6.04 Å². The molecule has 1 unspecified atom stereocenters. The molecule has 0 aromatic heterocycles. The van der Waals surface area contributed by atoms with Gasteiger partial charge in [-0.25, -0.2) is 0 Å². The average molecular weight is 380 g/mol. The normalized spacial score (nSPS) is 20.2. The fraction of sp³-hybridized carbons (Fsp3) is 0.417. The lowest BCUT2D eigenvalue weighted by Crippen LogP contribution is -2.50. The summed E-state index contributed by atoms with van der Waals surface area (Å²) >= 11 is 0. The summed E-state index contributed by atoms with van der Waals surface area (Å²) in [5.41, 5.74) is 3.24. The van der Waals surface area contributed by atoms with Gasteiger partial charge in [-0.2, -0.15) is 0 Å². The molecule has 148 valence electrons. The van der Waals surface area contributed by atoms with Gasteiger partial charge >= 0.3 is 5.97 Å². The lowest BCUT2D eigenvalue weighted by atomic mass is 9.97. The fourth-order valence-corrected chi connectivity index (χ4v) is 3.68. The van der Waals surface area contributed by atoms with E-state index >= 15 is 0 Å². The minimum atomic E-state index is -0.493. The van der Waals surface area contributed by atoms with Gasteiger partial charge in [-0.15, -0.1) is 0 Å². The lowest BCUT2D eigenvalue weighted by Gasteiger charge is -2.37. The zero-order chi connectivity index (χ0) is 20.1. The molecule has 4 nitrogen and oxygen atoms in total. The van der Waals surface area contributed by atoms with Crippen molar-refractivity contribution in [3.05, 3.63) is 71.3 Å². The number of Topliss-reactive ketones (excluding diaryl/α,β-unsaturated/α-hetero) is 1. The third kappa shape index (κ3) is 4.87. The Kier molecular flexibility index (Phi) is 6.63. The molecule has 1 heterocycles. The largest absolute Gasteiger partial charge is 0.455 e. The van der Waals surface area contributed by atoms with Crippen molar-refractivity contribution < 1.29 is 14.3 Å². The van der Waals surface area contributed by atoms with E-state index in [1.165, 1.54) is 5.56 Å². The Balaban J connectivity index is 1.62. The molecule has 0 radical (unpaired) electrons. The van der Waals surface area contributed by atoms with Crippen LogP contribution in [-0.4, -0.2) is 35.8 Å². The third-order valence-corrected chi connectivity index (χ3v) is 5.42. The van der Waals surface area contributed by atoms with Gasteiger partial charge in [0, 0.05) is 19.4 Å². The first-order chi connectivity index (χ1) is 13.5. The SMILES string of the molecule is CCN1C[C@@H](c2ccccc2)OC(=O)C1CC(=O)Cc1ccc(C(C)C)cc1. The van der Waals surface area contributed by atoms with Crippen LogP contribution in [0.25, 0.3) is 0 Å². The highest BCUT2D eigenvalue weighted by Crippen LogP contribution is 2.27. The van der Waals surface area contributed by atoms with Gasteiger partial charge in [-0.05, 0) is 29.2 Å². The Morgan fingerprint density at radius 1 is 1.11 bits per heavy atom. The van der Waals surface area contributed by atoms with Crippen LogP contribution in [0.1, 0.15) is 55.9 Å². The number of ketones is 1. The molecule has 4 heteroatoms. The van der Waals surface area contributed by atoms with E-state index in [2.05, 4.69) is 30.9 Å². The van der Waals surface area contributed by atoms with Gasteiger partial charge in [0.05, 0.1) is 0 Å². The quantitative estimate of drug-likeness (QED) is 0.673. The average Bonchev–Trinajstić information content (AvgIpc) is 2.70. The molecule has 0 aliphatic carbocycles. The van der Waals surface area contributed by atoms with Crippen molar-refractivity contribution >= 4 is 11.8 Å². The van der Waals surface area contributed by atoms with E-state index in [0.717, 1.165) is 11.1 Å². The fourth-order valence-electron chi connectivity index (χ4n) is 3.68. The number of hydrogen-bond acceptors (Lipinski definition) is 4. The molecule has 28 heavy (non-hydrogen) atoms. The van der Waals surface area contributed by atoms with Gasteiger partial charge < -0.3 is 4.74 Å². The third-order valence-electron chi connectivity index (χ3n) is 5.42. The van der Waals surface area contributed by atoms with Crippen molar-refractivity contribution in [3.8, 4) is 0 Å². The van der Waals surface area contributed by atoms with Crippen LogP contribution in [0.5, 0.6) is 0 Å². The molecule has 1 saturated heterocycles. The summed E-state index contributed by atoms with van der Waals surface area (Å²) in [5, 5.41) is 0. The second-order valence-corrected chi connectivity index (χ2v) is 7.76. The van der Waals surface area contributed by atoms with E-state index in [-0.39, 0.29) is 24.3 Å². The minimum Gasteiger partial charge on any atom is -0.455 e. The number of carbonyl (C=O) groups excluding carboxylic acids is 2. The molecular formula is C24H29NO3. The van der Waals surface area contributed by atoms with Crippen LogP contribution in [0.15, 0.2) is 54.6 Å². The highest BCUT2D eigenvalue weighted by atomic mass is 16.5. The molecule has 3 rings (SSSR count). The van der Waals surface area contributed by atoms with E-state index in [4.69, 9.17) is 4.74 Å². The molecule has 2 atom stereocenters. The number of carbonyl (C=O) groups is 2. The Labute approximate surface area is 167 Å². The second-order valence-electron chi connectivity index (χ2n) is 7.76. The molecule has 1 aliphatic rings. The zero-order valence-electron chi connectivity index (χ0n) is 16.9. The summed E-state index contributed by atoms with van der Waals surface area (Å²) in [7, 11) is 0. The maximum Gasteiger partial charge on any atom is 0.324 e. The molecular weight excluding hydrogens is 350 g/mol. The Morgan fingerprint density at radius 2 is 1.79 bits per heavy atom. The zero-order valence-corrected chi connectivity index (χ0v) is 16.9. The smallest absolute Gasteiger partial charge is 0.324 e. The molecule has 0 saturated carbocycles. The Bertz CT molecular complexity index is 798. The van der Waals surface area contributed by atoms with Gasteiger partial charge in [-0.1, -0.05) is 75.4 Å². The maximum absolute atomic E-state index is 12.6. The van der Waals surface area contributed by atoms with Gasteiger partial charge in [0.15, 0.2) is 0 Å². The van der Waals surface area contributed by atoms with Crippen LogP contribution in [0.4, 0.5) is 0 Å². The molecule has 0 bridgehead atoms. The number of cyclic esters (lactones) is 1. The summed E-state index contributed by atoms with van der Waals surface area (Å²) in [6.07, 6.45) is 0.269. The van der Waals surface area contributed by atoms with Gasteiger partial charge in [0.25, 0.3) is 0 Å². The summed E-state index contributed by atoms with van der Waals surface area (Å²) < 4.78 is 5.68. The van der Waals surface area contributed by atoms with Gasteiger partial charge in [0.2, 0.25) is 0 Å². The van der Waals surface area contributed by atoms with E-state index in [1.807, 2.05) is 49.4 Å². The number of benzene rings is 2. The van der Waals surface area contributed by atoms with Crippen LogP contribution in [0, 0.1) is 0 Å². The number of nitrogens with zero attached hydrogens (tertiary/aromatic N) is 1. The van der Waals surface area contributed by atoms with E-state index in [1.54, 1.807) is 0 Å². The summed E-state index contributed by atoms with van der Waals surface area (Å²) in [6.45, 7) is 7.64. The van der Waals surface area contributed by atoms with Crippen molar-refractivity contribution in [1.29, 1.82) is 0 Å². The predicted molar refractivity (Wildman–Crippen MR) is 110 cm³/mol. The standard InChI is InChI=1S/C24H29NO3/c1-4-25-16-23(20-8-6-5-7-9-20)28-24(27)22(25)15-21(26)14-18-10-12-19(13-11-18)17(2)3/h5-13,17,22-23H,4,14-16H2,1-3H3/t22?,23-/m0/s1. The highest BCUT2D eigenvalue weighted by Gasteiger charge is 2.37. The number of rotatable bonds is 7. The van der Waals surface area contributed by atoms with Crippen molar-refractivity contribution in [2.75, 3.05) is 13.1 Å². The van der Waals surface area contributed by atoms with Crippen LogP contribution < -0.4 is 0 Å². The van der Waals surface area contributed by atoms with Gasteiger partial charge in [-0.3, -0.25) is 14.5 Å². The van der Waals surface area contributed by atoms with E-state index in [0.29, 0.717) is 25.4 Å². The Morgan fingerprint density at radius 3 is 2.39 bits per heavy atom. The van der Waals surface area contributed by atoms with Crippen LogP contribution >= 0.6 is 0 Å². The highest BCUT2D eigenvalue weighted by molar-refractivity contribution is 5.88. The first-order valence-corrected chi connectivity index (χ1v) is 10.1. The minimum absolute atomic E-state index is 0.0656. The Hall–Kier alpha value is -2.46. The van der Waals surface area contributed by atoms with Crippen molar-refractivity contribution in [2.24, 2.45) is 0 Å². The molecule has 2 aromatic rings. The second kappa shape index (κ2) is 9.16. The first-order valence-electron chi connectivity index (χ1n) is 10.1. The number of morpholine rings is 1. The van der Waals surface area contributed by atoms with Crippen LogP contribution in [-0.2, 0) is 20.7 Å². The van der Waals surface area contributed by atoms with E-state index in [9.17, 15) is 9.59 Å². The van der Waals surface area contributed by atoms with Gasteiger partial charge in [0.1, 0.15) is 17.9 Å². The predicted octanol–water partition coefficient (Wildman–Crippen LogP) is 4.30.